The number of aromatic nitrogens is 4. The molecule has 5 nitrogen and oxygen atoms in total. The summed E-state index contributed by atoms with van der Waals surface area (Å²) in [4.78, 5) is 4.53. The van der Waals surface area contributed by atoms with Gasteiger partial charge in [0, 0.05) is 37.7 Å². The Bertz CT molecular complexity index is 526. The van der Waals surface area contributed by atoms with Crippen molar-refractivity contribution in [3.63, 3.8) is 0 Å². The molecule has 19 heavy (non-hydrogen) atoms. The molecule has 104 valence electrons. The van der Waals surface area contributed by atoms with Crippen LogP contribution < -0.4 is 5.32 Å². The third-order valence-corrected chi connectivity index (χ3v) is 3.34. The van der Waals surface area contributed by atoms with Gasteiger partial charge in [-0.3, -0.25) is 4.68 Å². The lowest BCUT2D eigenvalue weighted by atomic mass is 10.1. The summed E-state index contributed by atoms with van der Waals surface area (Å²) in [5, 5.41) is 8.06. The van der Waals surface area contributed by atoms with Crippen molar-refractivity contribution in [3.8, 4) is 0 Å². The van der Waals surface area contributed by atoms with Crippen molar-refractivity contribution < 1.29 is 0 Å². The lowest BCUT2D eigenvalue weighted by Gasteiger charge is -2.18. The van der Waals surface area contributed by atoms with Crippen molar-refractivity contribution in [2.75, 3.05) is 6.54 Å². The summed E-state index contributed by atoms with van der Waals surface area (Å²) < 4.78 is 4.07. The largest absolute Gasteiger partial charge is 0.334 e. The number of hydrogen-bond donors (Lipinski definition) is 1. The van der Waals surface area contributed by atoms with Gasteiger partial charge in [0.25, 0.3) is 0 Å². The van der Waals surface area contributed by atoms with E-state index in [1.165, 1.54) is 5.56 Å². The first-order valence-electron chi connectivity index (χ1n) is 6.98. The Labute approximate surface area is 114 Å². The van der Waals surface area contributed by atoms with E-state index in [2.05, 4.69) is 46.9 Å². The molecule has 2 aromatic rings. The average molecular weight is 261 g/mol. The van der Waals surface area contributed by atoms with Crippen LogP contribution in [0.4, 0.5) is 0 Å². The zero-order valence-corrected chi connectivity index (χ0v) is 12.2. The minimum Gasteiger partial charge on any atom is -0.334 e. The van der Waals surface area contributed by atoms with Gasteiger partial charge in [-0.25, -0.2) is 4.98 Å². The molecule has 0 aliphatic carbocycles. The van der Waals surface area contributed by atoms with Crippen molar-refractivity contribution in [3.05, 3.63) is 35.7 Å². The van der Waals surface area contributed by atoms with Crippen LogP contribution in [-0.2, 0) is 20.0 Å². The van der Waals surface area contributed by atoms with Gasteiger partial charge < -0.3 is 9.88 Å². The molecular weight excluding hydrogens is 238 g/mol. The Kier molecular flexibility index (Phi) is 4.37. The molecule has 0 aromatic carbocycles. The van der Waals surface area contributed by atoms with Gasteiger partial charge in [0.15, 0.2) is 0 Å². The summed E-state index contributed by atoms with van der Waals surface area (Å²) in [6.07, 6.45) is 6.93. The van der Waals surface area contributed by atoms with Crippen molar-refractivity contribution in [2.24, 2.45) is 7.05 Å². The van der Waals surface area contributed by atoms with E-state index in [-0.39, 0.29) is 6.04 Å². The molecule has 2 rings (SSSR count). The fourth-order valence-corrected chi connectivity index (χ4v) is 2.46. The average Bonchev–Trinajstić information content (AvgIpc) is 3.01. The smallest absolute Gasteiger partial charge is 0.130 e. The minimum atomic E-state index is 0.114. The fraction of sp³-hybridized carbons (Fsp3) is 0.571. The van der Waals surface area contributed by atoms with Crippen molar-refractivity contribution in [1.82, 2.24) is 24.6 Å². The second kappa shape index (κ2) is 6.02. The van der Waals surface area contributed by atoms with Gasteiger partial charge in [-0.05, 0) is 19.9 Å². The van der Waals surface area contributed by atoms with Crippen LogP contribution in [-0.4, -0.2) is 25.9 Å². The first-order valence-corrected chi connectivity index (χ1v) is 6.98. The van der Waals surface area contributed by atoms with E-state index in [1.807, 2.05) is 24.1 Å². The molecule has 5 heteroatoms. The van der Waals surface area contributed by atoms with Crippen LogP contribution in [0.1, 0.15) is 43.9 Å². The molecule has 1 atom stereocenters. The summed E-state index contributed by atoms with van der Waals surface area (Å²) in [7, 11) is 1.97. The Morgan fingerprint density at radius 1 is 1.32 bits per heavy atom. The van der Waals surface area contributed by atoms with Crippen LogP contribution in [0.25, 0.3) is 0 Å². The van der Waals surface area contributed by atoms with Crippen molar-refractivity contribution in [1.29, 1.82) is 0 Å². The highest BCUT2D eigenvalue weighted by Gasteiger charge is 2.22. The zero-order chi connectivity index (χ0) is 13.8. The predicted octanol–water partition coefficient (Wildman–Crippen LogP) is 1.90. The van der Waals surface area contributed by atoms with Gasteiger partial charge in [0.05, 0.1) is 11.7 Å². The maximum Gasteiger partial charge on any atom is 0.130 e. The van der Waals surface area contributed by atoms with Crippen LogP contribution in [0.3, 0.4) is 0 Å². The predicted molar refractivity (Wildman–Crippen MR) is 76.0 cm³/mol. The number of nitrogens with zero attached hydrogens (tertiary/aromatic N) is 4. The van der Waals surface area contributed by atoms with E-state index in [1.54, 1.807) is 0 Å². The molecule has 1 N–H and O–H groups in total. The van der Waals surface area contributed by atoms with Crippen molar-refractivity contribution >= 4 is 0 Å². The van der Waals surface area contributed by atoms with Gasteiger partial charge in [-0.1, -0.05) is 13.8 Å². The highest BCUT2D eigenvalue weighted by molar-refractivity contribution is 5.27. The Balaban J connectivity index is 2.44. The molecular formula is C14H23N5. The van der Waals surface area contributed by atoms with Gasteiger partial charge in [-0.15, -0.1) is 0 Å². The third-order valence-electron chi connectivity index (χ3n) is 3.34. The lowest BCUT2D eigenvalue weighted by molar-refractivity contribution is 0.555. The number of rotatable bonds is 6. The summed E-state index contributed by atoms with van der Waals surface area (Å²) in [6, 6.07) is 0.114. The van der Waals surface area contributed by atoms with E-state index >= 15 is 0 Å². The fourth-order valence-electron chi connectivity index (χ4n) is 2.46. The van der Waals surface area contributed by atoms with Gasteiger partial charge in [0.2, 0.25) is 0 Å². The second-order valence-electron chi connectivity index (χ2n) is 4.62. The SMILES string of the molecule is CCNC(c1cn(C)nc1CC)c1nccn1CC. The first-order chi connectivity index (χ1) is 9.21. The van der Waals surface area contributed by atoms with Crippen LogP contribution in [0, 0.1) is 0 Å². The number of hydrogen-bond acceptors (Lipinski definition) is 3. The summed E-state index contributed by atoms with van der Waals surface area (Å²) >= 11 is 0. The maximum absolute atomic E-state index is 4.54. The molecule has 2 aromatic heterocycles. The molecule has 0 amide bonds. The Morgan fingerprint density at radius 3 is 2.74 bits per heavy atom. The molecule has 0 fully saturated rings. The molecule has 0 radical (unpaired) electrons. The van der Waals surface area contributed by atoms with E-state index in [0.29, 0.717) is 0 Å². The van der Waals surface area contributed by atoms with Crippen LogP contribution >= 0.6 is 0 Å². The van der Waals surface area contributed by atoms with Crippen LogP contribution in [0.2, 0.25) is 0 Å². The lowest BCUT2D eigenvalue weighted by Crippen LogP contribution is -2.25. The maximum atomic E-state index is 4.54. The highest BCUT2D eigenvalue weighted by Crippen LogP contribution is 2.23. The van der Waals surface area contributed by atoms with Crippen LogP contribution in [0.15, 0.2) is 18.6 Å². The number of nitrogens with one attached hydrogen (secondary N) is 1. The van der Waals surface area contributed by atoms with Gasteiger partial charge in [0.1, 0.15) is 5.82 Å². The minimum absolute atomic E-state index is 0.114. The molecule has 1 unspecified atom stereocenters. The molecule has 0 aliphatic heterocycles. The zero-order valence-electron chi connectivity index (χ0n) is 12.2. The Hall–Kier alpha value is -1.62. The Morgan fingerprint density at radius 2 is 2.11 bits per heavy atom. The first kappa shape index (κ1) is 13.8. The molecule has 0 saturated carbocycles. The van der Waals surface area contributed by atoms with E-state index in [4.69, 9.17) is 0 Å². The normalized spacial score (nSPS) is 12.8. The summed E-state index contributed by atoms with van der Waals surface area (Å²) in [5.74, 6) is 1.06. The van der Waals surface area contributed by atoms with Gasteiger partial charge >= 0.3 is 0 Å². The second-order valence-corrected chi connectivity index (χ2v) is 4.62. The molecule has 0 aliphatic rings. The van der Waals surface area contributed by atoms with E-state index < -0.39 is 0 Å². The summed E-state index contributed by atoms with van der Waals surface area (Å²) in [6.45, 7) is 8.23. The van der Waals surface area contributed by atoms with Crippen LogP contribution in [0.5, 0.6) is 0 Å². The summed E-state index contributed by atoms with van der Waals surface area (Å²) in [5.41, 5.74) is 2.37. The van der Waals surface area contributed by atoms with Gasteiger partial charge in [-0.2, -0.15) is 5.10 Å². The molecule has 2 heterocycles. The number of aryl methyl sites for hydroxylation is 3. The quantitative estimate of drug-likeness (QED) is 0.864. The van der Waals surface area contributed by atoms with E-state index in [0.717, 1.165) is 31.0 Å². The highest BCUT2D eigenvalue weighted by atomic mass is 15.3. The standard InChI is InChI=1S/C14H23N5/c1-5-12-11(10-18(4)17-12)13(15-6-2)14-16-8-9-19(14)7-3/h8-10,13,15H,5-7H2,1-4H3. The molecule has 0 saturated heterocycles. The van der Waals surface area contributed by atoms with Crippen molar-refractivity contribution in [2.45, 2.75) is 39.8 Å². The monoisotopic (exact) mass is 261 g/mol. The number of imidazole rings is 1. The topological polar surface area (TPSA) is 47.7 Å². The molecule has 0 bridgehead atoms. The third kappa shape index (κ3) is 2.71. The van der Waals surface area contributed by atoms with E-state index in [9.17, 15) is 0 Å². The molecule has 0 spiro atoms.